The van der Waals surface area contributed by atoms with Crippen LogP contribution in [-0.4, -0.2) is 25.5 Å². The van der Waals surface area contributed by atoms with Crippen molar-refractivity contribution in [3.8, 4) is 11.5 Å². The Morgan fingerprint density at radius 2 is 1.41 bits per heavy atom. The fraction of sp³-hybridized carbons (Fsp3) is 0.143. The Balaban J connectivity index is 1.98. The van der Waals surface area contributed by atoms with E-state index >= 15 is 0 Å². The number of carbonyl (C=O) groups is 2. The molecule has 6 nitrogen and oxygen atoms in total. The molecule has 34 heavy (non-hydrogen) atoms. The highest BCUT2D eigenvalue weighted by atomic mass is 16.5. The van der Waals surface area contributed by atoms with Crippen LogP contribution in [0.2, 0.25) is 0 Å². The van der Waals surface area contributed by atoms with Crippen molar-refractivity contribution in [1.29, 1.82) is 0 Å². The highest BCUT2D eigenvalue weighted by Crippen LogP contribution is 2.29. The molecule has 3 aromatic carbocycles. The molecule has 0 aliphatic carbocycles. The van der Waals surface area contributed by atoms with Gasteiger partial charge in [0.15, 0.2) is 11.5 Å². The molecular weight excluding hydrogens is 428 g/mol. The highest BCUT2D eigenvalue weighted by molar-refractivity contribution is 6.29. The van der Waals surface area contributed by atoms with E-state index in [9.17, 15) is 9.59 Å². The maximum absolute atomic E-state index is 13.2. The third-order valence-corrected chi connectivity index (χ3v) is 5.13. The van der Waals surface area contributed by atoms with E-state index < -0.39 is 11.8 Å². The Kier molecular flexibility index (Phi) is 8.24. The van der Waals surface area contributed by atoms with Crippen molar-refractivity contribution in [2.75, 3.05) is 24.4 Å². The second kappa shape index (κ2) is 11.5. The zero-order valence-electron chi connectivity index (χ0n) is 19.6. The van der Waals surface area contributed by atoms with Crippen molar-refractivity contribution in [2.45, 2.75) is 13.8 Å². The fourth-order valence-corrected chi connectivity index (χ4v) is 3.25. The largest absolute Gasteiger partial charge is 0.493 e. The summed E-state index contributed by atoms with van der Waals surface area (Å²) in [6.45, 7) is 7.75. The molecular formula is C28H28N2O4. The summed E-state index contributed by atoms with van der Waals surface area (Å²) < 4.78 is 11.0. The first-order valence-corrected chi connectivity index (χ1v) is 10.8. The van der Waals surface area contributed by atoms with Gasteiger partial charge < -0.3 is 20.1 Å². The first kappa shape index (κ1) is 24.3. The Hall–Kier alpha value is -4.32. The van der Waals surface area contributed by atoms with E-state index in [2.05, 4.69) is 17.2 Å². The van der Waals surface area contributed by atoms with E-state index in [0.29, 0.717) is 35.0 Å². The summed E-state index contributed by atoms with van der Waals surface area (Å²) in [5, 5.41) is 5.69. The van der Waals surface area contributed by atoms with E-state index in [0.717, 1.165) is 11.1 Å². The number of hydrogen-bond acceptors (Lipinski definition) is 4. The quantitative estimate of drug-likeness (QED) is 0.192. The van der Waals surface area contributed by atoms with Gasteiger partial charge >= 0.3 is 0 Å². The average molecular weight is 457 g/mol. The summed E-state index contributed by atoms with van der Waals surface area (Å²) in [5.41, 5.74) is 3.60. The normalized spacial score (nSPS) is 10.1. The van der Waals surface area contributed by atoms with E-state index in [-0.39, 0.29) is 5.57 Å². The van der Waals surface area contributed by atoms with Crippen molar-refractivity contribution >= 4 is 29.3 Å². The molecule has 2 amide bonds. The summed E-state index contributed by atoms with van der Waals surface area (Å²) in [5.74, 6) is -0.0268. The zero-order chi connectivity index (χ0) is 24.5. The van der Waals surface area contributed by atoms with Gasteiger partial charge in [-0.3, -0.25) is 9.59 Å². The van der Waals surface area contributed by atoms with Crippen LogP contribution in [0.25, 0.3) is 6.08 Å². The number of anilines is 2. The lowest BCUT2D eigenvalue weighted by Crippen LogP contribution is -2.25. The van der Waals surface area contributed by atoms with Gasteiger partial charge in [0.05, 0.1) is 7.11 Å². The molecule has 0 aliphatic heterocycles. The van der Waals surface area contributed by atoms with Gasteiger partial charge in [-0.1, -0.05) is 55.1 Å². The van der Waals surface area contributed by atoms with Gasteiger partial charge in [-0.15, -0.1) is 0 Å². The van der Waals surface area contributed by atoms with Gasteiger partial charge in [0.25, 0.3) is 11.8 Å². The first-order chi connectivity index (χ1) is 16.4. The highest BCUT2D eigenvalue weighted by Gasteiger charge is 2.20. The van der Waals surface area contributed by atoms with Crippen LogP contribution in [0.15, 0.2) is 85.0 Å². The van der Waals surface area contributed by atoms with E-state index in [1.54, 1.807) is 36.4 Å². The molecule has 0 unspecified atom stereocenters. The second-order valence-corrected chi connectivity index (χ2v) is 7.61. The minimum absolute atomic E-state index is 0.0479. The molecule has 0 heterocycles. The zero-order valence-corrected chi connectivity index (χ0v) is 19.6. The van der Waals surface area contributed by atoms with Crippen LogP contribution in [0, 0.1) is 13.8 Å². The predicted molar refractivity (Wildman–Crippen MR) is 136 cm³/mol. The van der Waals surface area contributed by atoms with E-state index in [1.807, 2.05) is 50.2 Å². The number of amides is 2. The van der Waals surface area contributed by atoms with Crippen LogP contribution in [0.3, 0.4) is 0 Å². The first-order valence-electron chi connectivity index (χ1n) is 10.8. The van der Waals surface area contributed by atoms with Crippen LogP contribution in [-0.2, 0) is 9.59 Å². The molecule has 0 bridgehead atoms. The number of methoxy groups -OCH3 is 1. The van der Waals surface area contributed by atoms with Crippen molar-refractivity contribution < 1.29 is 19.1 Å². The van der Waals surface area contributed by atoms with Crippen LogP contribution in [0.5, 0.6) is 11.5 Å². The maximum atomic E-state index is 13.2. The molecule has 174 valence electrons. The summed E-state index contributed by atoms with van der Waals surface area (Å²) in [7, 11) is 1.53. The minimum atomic E-state index is -0.522. The molecule has 0 atom stereocenters. The van der Waals surface area contributed by atoms with Crippen LogP contribution in [0.4, 0.5) is 11.4 Å². The lowest BCUT2D eigenvalue weighted by atomic mass is 10.1. The SMILES string of the molecule is C=CCOc1ccc(C=C(C(=O)Nc2ccccc2C)C(=O)Nc2ccccc2C)cc1OC. The molecule has 0 saturated carbocycles. The van der Waals surface area contributed by atoms with Gasteiger partial charge in [-0.05, 0) is 60.9 Å². The van der Waals surface area contributed by atoms with Crippen molar-refractivity contribution in [3.63, 3.8) is 0 Å². The Morgan fingerprint density at radius 3 is 1.91 bits per heavy atom. The smallest absolute Gasteiger partial charge is 0.261 e. The van der Waals surface area contributed by atoms with Crippen LogP contribution >= 0.6 is 0 Å². The minimum Gasteiger partial charge on any atom is -0.493 e. The monoisotopic (exact) mass is 456 g/mol. The van der Waals surface area contributed by atoms with Gasteiger partial charge in [0.1, 0.15) is 12.2 Å². The van der Waals surface area contributed by atoms with Gasteiger partial charge in [0, 0.05) is 11.4 Å². The van der Waals surface area contributed by atoms with Gasteiger partial charge in [-0.2, -0.15) is 0 Å². The lowest BCUT2D eigenvalue weighted by molar-refractivity contribution is -0.118. The van der Waals surface area contributed by atoms with Crippen molar-refractivity contribution in [3.05, 3.63) is 102 Å². The number of rotatable bonds is 9. The van der Waals surface area contributed by atoms with Crippen molar-refractivity contribution in [1.82, 2.24) is 0 Å². The number of hydrogen-bond donors (Lipinski definition) is 2. The molecule has 0 saturated heterocycles. The molecule has 0 fully saturated rings. The topological polar surface area (TPSA) is 76.7 Å². The average Bonchev–Trinajstić information content (AvgIpc) is 2.84. The maximum Gasteiger partial charge on any atom is 0.261 e. The van der Waals surface area contributed by atoms with E-state index in [4.69, 9.17) is 9.47 Å². The van der Waals surface area contributed by atoms with Gasteiger partial charge in [-0.25, -0.2) is 0 Å². The van der Waals surface area contributed by atoms with Crippen molar-refractivity contribution in [2.24, 2.45) is 0 Å². The summed E-state index contributed by atoms with van der Waals surface area (Å²) in [6.07, 6.45) is 3.16. The Bertz CT molecular complexity index is 1170. The standard InChI is InChI=1S/C28H28N2O4/c1-5-16-34-25-15-14-21(18-26(25)33-4)17-22(27(31)29-23-12-8-6-10-19(23)2)28(32)30-24-13-9-7-11-20(24)3/h5-15,17-18H,1,16H2,2-4H3,(H,29,31)(H,30,32). The van der Waals surface area contributed by atoms with Crippen LogP contribution < -0.4 is 20.1 Å². The summed E-state index contributed by atoms with van der Waals surface area (Å²) >= 11 is 0. The predicted octanol–water partition coefficient (Wildman–Crippen LogP) is 5.54. The molecule has 6 heteroatoms. The third-order valence-electron chi connectivity index (χ3n) is 5.13. The molecule has 2 N–H and O–H groups in total. The third kappa shape index (κ3) is 6.13. The number of carbonyl (C=O) groups excluding carboxylic acids is 2. The second-order valence-electron chi connectivity index (χ2n) is 7.61. The van der Waals surface area contributed by atoms with Crippen LogP contribution in [0.1, 0.15) is 16.7 Å². The number of para-hydroxylation sites is 2. The molecule has 0 aliphatic rings. The number of benzene rings is 3. The van der Waals surface area contributed by atoms with Gasteiger partial charge in [0.2, 0.25) is 0 Å². The summed E-state index contributed by atoms with van der Waals surface area (Å²) in [6, 6.07) is 20.0. The number of nitrogens with one attached hydrogen (secondary N) is 2. The molecule has 0 aromatic heterocycles. The number of ether oxygens (including phenoxy) is 2. The Morgan fingerprint density at radius 1 is 0.853 bits per heavy atom. The molecule has 0 radical (unpaired) electrons. The molecule has 0 spiro atoms. The molecule has 3 rings (SSSR count). The molecule has 3 aromatic rings. The van der Waals surface area contributed by atoms with E-state index in [1.165, 1.54) is 13.2 Å². The number of aryl methyl sites for hydroxylation is 2. The Labute approximate surface area is 199 Å². The fourth-order valence-electron chi connectivity index (χ4n) is 3.25. The lowest BCUT2D eigenvalue weighted by Gasteiger charge is -2.14. The summed E-state index contributed by atoms with van der Waals surface area (Å²) in [4.78, 5) is 26.5.